The fraction of sp³-hybridized carbons (Fsp3) is 0.545. The molecule has 1 aliphatic rings. The molecule has 7 heteroatoms. The van der Waals surface area contributed by atoms with Crippen molar-refractivity contribution in [2.45, 2.75) is 31.5 Å². The minimum absolute atomic E-state index is 0.0837. The lowest BCUT2D eigenvalue weighted by atomic mass is 9.83. The van der Waals surface area contributed by atoms with Crippen LogP contribution in [0.2, 0.25) is 0 Å². The third kappa shape index (κ3) is 1.81. The SMILES string of the molecule is CCOC1CC(N)C1Nc1nccn2cnnc12. The van der Waals surface area contributed by atoms with Crippen LogP contribution in [-0.4, -0.2) is 44.4 Å². The van der Waals surface area contributed by atoms with E-state index in [2.05, 4.69) is 20.5 Å². The minimum Gasteiger partial charge on any atom is -0.376 e. The third-order valence-corrected chi connectivity index (χ3v) is 3.27. The molecule has 3 unspecified atom stereocenters. The molecule has 1 saturated carbocycles. The highest BCUT2D eigenvalue weighted by atomic mass is 16.5. The molecule has 7 nitrogen and oxygen atoms in total. The van der Waals surface area contributed by atoms with Crippen LogP contribution in [-0.2, 0) is 4.74 Å². The van der Waals surface area contributed by atoms with Gasteiger partial charge >= 0.3 is 0 Å². The standard InChI is InChI=1S/C11H16N6O/c1-2-18-8-5-7(12)9(8)15-10-11-16-14-6-17(11)4-3-13-10/h3-4,6-9H,2,5,12H2,1H3,(H,13,15). The highest BCUT2D eigenvalue weighted by Gasteiger charge is 2.39. The number of rotatable bonds is 4. The van der Waals surface area contributed by atoms with E-state index in [1.165, 1.54) is 0 Å². The number of hydrogen-bond acceptors (Lipinski definition) is 6. The van der Waals surface area contributed by atoms with Crippen LogP contribution in [0.1, 0.15) is 13.3 Å². The zero-order valence-electron chi connectivity index (χ0n) is 10.2. The molecule has 0 aliphatic heterocycles. The normalized spacial score (nSPS) is 27.1. The quantitative estimate of drug-likeness (QED) is 0.794. The van der Waals surface area contributed by atoms with Crippen LogP contribution in [0, 0.1) is 0 Å². The number of aromatic nitrogens is 4. The van der Waals surface area contributed by atoms with E-state index in [0.717, 1.165) is 6.42 Å². The molecule has 0 aromatic carbocycles. The molecular formula is C11H16N6O. The van der Waals surface area contributed by atoms with Crippen molar-refractivity contribution >= 4 is 11.5 Å². The molecule has 2 aromatic heterocycles. The first-order chi connectivity index (χ1) is 8.79. The molecule has 18 heavy (non-hydrogen) atoms. The maximum Gasteiger partial charge on any atom is 0.203 e. The topological polar surface area (TPSA) is 90.4 Å². The van der Waals surface area contributed by atoms with Crippen molar-refractivity contribution in [3.05, 3.63) is 18.7 Å². The maximum absolute atomic E-state index is 6.00. The Kier molecular flexibility index (Phi) is 2.85. The molecule has 3 rings (SSSR count). The van der Waals surface area contributed by atoms with Crippen LogP contribution in [0.4, 0.5) is 5.82 Å². The van der Waals surface area contributed by atoms with Gasteiger partial charge in [-0.2, -0.15) is 0 Å². The molecule has 0 spiro atoms. The zero-order chi connectivity index (χ0) is 12.5. The van der Waals surface area contributed by atoms with Gasteiger partial charge in [0, 0.05) is 25.0 Å². The number of nitrogens with two attached hydrogens (primary N) is 1. The van der Waals surface area contributed by atoms with Gasteiger partial charge in [-0.1, -0.05) is 0 Å². The Balaban J connectivity index is 1.81. The number of nitrogens with one attached hydrogen (secondary N) is 1. The van der Waals surface area contributed by atoms with Crippen molar-refractivity contribution in [2.75, 3.05) is 11.9 Å². The molecule has 2 aromatic rings. The van der Waals surface area contributed by atoms with Gasteiger partial charge in [0.2, 0.25) is 5.65 Å². The summed E-state index contributed by atoms with van der Waals surface area (Å²) in [6.07, 6.45) is 6.18. The van der Waals surface area contributed by atoms with Gasteiger partial charge in [-0.3, -0.25) is 4.40 Å². The second-order valence-corrected chi connectivity index (χ2v) is 4.40. The molecular weight excluding hydrogens is 232 g/mol. The third-order valence-electron chi connectivity index (χ3n) is 3.27. The lowest BCUT2D eigenvalue weighted by Crippen LogP contribution is -2.60. The Morgan fingerprint density at radius 2 is 2.50 bits per heavy atom. The van der Waals surface area contributed by atoms with Gasteiger partial charge in [-0.05, 0) is 13.3 Å². The average Bonchev–Trinajstić information content (AvgIpc) is 2.84. The fourth-order valence-corrected chi connectivity index (χ4v) is 2.25. The number of fused-ring (bicyclic) bond motifs is 1. The summed E-state index contributed by atoms with van der Waals surface area (Å²) in [4.78, 5) is 4.28. The van der Waals surface area contributed by atoms with Gasteiger partial charge in [-0.25, -0.2) is 4.98 Å². The summed E-state index contributed by atoms with van der Waals surface area (Å²) in [6, 6.07) is 0.173. The van der Waals surface area contributed by atoms with Gasteiger partial charge in [-0.15, -0.1) is 10.2 Å². The Morgan fingerprint density at radius 3 is 3.28 bits per heavy atom. The first-order valence-electron chi connectivity index (χ1n) is 6.07. The largest absolute Gasteiger partial charge is 0.376 e. The molecule has 0 radical (unpaired) electrons. The number of anilines is 1. The summed E-state index contributed by atoms with van der Waals surface area (Å²) < 4.78 is 7.43. The second kappa shape index (κ2) is 4.51. The summed E-state index contributed by atoms with van der Waals surface area (Å²) in [7, 11) is 0. The van der Waals surface area contributed by atoms with Gasteiger partial charge < -0.3 is 15.8 Å². The van der Waals surface area contributed by atoms with Crippen molar-refractivity contribution in [3.8, 4) is 0 Å². The molecule has 1 aliphatic carbocycles. The van der Waals surface area contributed by atoms with Gasteiger partial charge in [0.1, 0.15) is 6.33 Å². The lowest BCUT2D eigenvalue weighted by molar-refractivity contribution is -0.0127. The second-order valence-electron chi connectivity index (χ2n) is 4.40. The highest BCUT2D eigenvalue weighted by molar-refractivity contribution is 5.62. The number of ether oxygens (including phenoxy) is 1. The molecule has 2 heterocycles. The number of nitrogens with zero attached hydrogens (tertiary/aromatic N) is 4. The van der Waals surface area contributed by atoms with E-state index >= 15 is 0 Å². The lowest BCUT2D eigenvalue weighted by Gasteiger charge is -2.42. The predicted molar refractivity (Wildman–Crippen MR) is 66.2 cm³/mol. The maximum atomic E-state index is 6.00. The summed E-state index contributed by atoms with van der Waals surface area (Å²) in [6.45, 7) is 2.68. The predicted octanol–water partition coefficient (Wildman–Crippen LogP) is 0.0409. The van der Waals surface area contributed by atoms with E-state index in [-0.39, 0.29) is 18.2 Å². The Morgan fingerprint density at radius 1 is 1.61 bits per heavy atom. The first kappa shape index (κ1) is 11.4. The van der Waals surface area contributed by atoms with E-state index in [4.69, 9.17) is 10.5 Å². The van der Waals surface area contributed by atoms with Crippen LogP contribution >= 0.6 is 0 Å². The van der Waals surface area contributed by atoms with E-state index in [1.807, 2.05) is 11.3 Å². The Bertz CT molecular complexity index is 539. The zero-order valence-corrected chi connectivity index (χ0v) is 10.2. The van der Waals surface area contributed by atoms with E-state index in [1.54, 1.807) is 18.7 Å². The molecule has 0 bridgehead atoms. The smallest absolute Gasteiger partial charge is 0.203 e. The summed E-state index contributed by atoms with van der Waals surface area (Å²) in [5.74, 6) is 0.694. The molecule has 96 valence electrons. The van der Waals surface area contributed by atoms with Crippen molar-refractivity contribution < 1.29 is 4.74 Å². The molecule has 3 N–H and O–H groups in total. The van der Waals surface area contributed by atoms with Crippen LogP contribution in [0.3, 0.4) is 0 Å². The molecule has 1 fully saturated rings. The van der Waals surface area contributed by atoms with Crippen LogP contribution < -0.4 is 11.1 Å². The minimum atomic E-state index is 0.0837. The summed E-state index contributed by atoms with van der Waals surface area (Å²) >= 11 is 0. The molecule has 0 amide bonds. The van der Waals surface area contributed by atoms with Crippen molar-refractivity contribution in [1.29, 1.82) is 0 Å². The van der Waals surface area contributed by atoms with Gasteiger partial charge in [0.05, 0.1) is 12.1 Å². The van der Waals surface area contributed by atoms with Crippen molar-refractivity contribution in [2.24, 2.45) is 5.73 Å². The fourth-order valence-electron chi connectivity index (χ4n) is 2.25. The number of hydrogen-bond donors (Lipinski definition) is 2. The van der Waals surface area contributed by atoms with Gasteiger partial charge in [0.15, 0.2) is 5.82 Å². The van der Waals surface area contributed by atoms with Gasteiger partial charge in [0.25, 0.3) is 0 Å². The summed E-state index contributed by atoms with van der Waals surface area (Å²) in [5.41, 5.74) is 6.70. The highest BCUT2D eigenvalue weighted by Crippen LogP contribution is 2.26. The first-order valence-corrected chi connectivity index (χ1v) is 6.07. The van der Waals surface area contributed by atoms with E-state index < -0.39 is 0 Å². The summed E-state index contributed by atoms with van der Waals surface area (Å²) in [5, 5.41) is 11.2. The van der Waals surface area contributed by atoms with Crippen LogP contribution in [0.15, 0.2) is 18.7 Å². The van der Waals surface area contributed by atoms with E-state index in [0.29, 0.717) is 18.1 Å². The van der Waals surface area contributed by atoms with Crippen LogP contribution in [0.5, 0.6) is 0 Å². The van der Waals surface area contributed by atoms with E-state index in [9.17, 15) is 0 Å². The Hall–Kier alpha value is -1.73. The Labute approximate surface area is 104 Å². The average molecular weight is 248 g/mol. The molecule has 3 atom stereocenters. The van der Waals surface area contributed by atoms with Crippen LogP contribution in [0.25, 0.3) is 5.65 Å². The van der Waals surface area contributed by atoms with Crippen molar-refractivity contribution in [3.63, 3.8) is 0 Å². The monoisotopic (exact) mass is 248 g/mol. The molecule has 0 saturated heterocycles. The van der Waals surface area contributed by atoms with Crippen molar-refractivity contribution in [1.82, 2.24) is 19.6 Å².